The van der Waals surface area contributed by atoms with Crippen LogP contribution in [0.4, 0.5) is 5.13 Å². The number of aromatic nitrogens is 1. The van der Waals surface area contributed by atoms with Crippen LogP contribution in [-0.4, -0.2) is 25.4 Å². The van der Waals surface area contributed by atoms with Crippen molar-refractivity contribution < 1.29 is 9.47 Å². The molecular weight excluding hydrogens is 310 g/mol. The van der Waals surface area contributed by atoms with Gasteiger partial charge < -0.3 is 9.47 Å². The van der Waals surface area contributed by atoms with Crippen molar-refractivity contribution in [1.29, 1.82) is 0 Å². The molecule has 0 bridgehead atoms. The molecule has 118 valence electrons. The summed E-state index contributed by atoms with van der Waals surface area (Å²) in [5.74, 6) is 1.55. The van der Waals surface area contributed by atoms with Crippen molar-refractivity contribution in [3.63, 3.8) is 0 Å². The normalized spacial score (nSPS) is 11.1. The van der Waals surface area contributed by atoms with Gasteiger partial charge in [-0.2, -0.15) is 5.10 Å². The summed E-state index contributed by atoms with van der Waals surface area (Å²) < 4.78 is 10.8. The van der Waals surface area contributed by atoms with Crippen LogP contribution in [0.1, 0.15) is 11.3 Å². The summed E-state index contributed by atoms with van der Waals surface area (Å²) in [7, 11) is 3.30. The lowest BCUT2D eigenvalue weighted by atomic mass is 10.0. The molecule has 0 aliphatic heterocycles. The average molecular weight is 327 g/mol. The van der Waals surface area contributed by atoms with E-state index in [9.17, 15) is 0 Å². The molecule has 1 aromatic heterocycles. The minimum Gasteiger partial charge on any atom is -0.497 e. The van der Waals surface area contributed by atoms with E-state index in [1.807, 2.05) is 42.6 Å². The Bertz CT molecular complexity index is 853. The van der Waals surface area contributed by atoms with Crippen LogP contribution in [0.25, 0.3) is 10.8 Å². The fourth-order valence-electron chi connectivity index (χ4n) is 2.30. The minimum absolute atomic E-state index is 0.756. The highest BCUT2D eigenvalue weighted by Gasteiger charge is 2.08. The number of fused-ring (bicyclic) bond motifs is 1. The molecule has 0 spiro atoms. The van der Waals surface area contributed by atoms with Crippen LogP contribution in [0.5, 0.6) is 11.5 Å². The van der Waals surface area contributed by atoms with Gasteiger partial charge >= 0.3 is 0 Å². The average Bonchev–Trinajstić information content (AvgIpc) is 2.99. The van der Waals surface area contributed by atoms with E-state index >= 15 is 0 Å². The van der Waals surface area contributed by atoms with Crippen molar-refractivity contribution in [3.05, 3.63) is 47.0 Å². The zero-order chi connectivity index (χ0) is 16.2. The third-order valence-corrected chi connectivity index (χ3v) is 4.29. The monoisotopic (exact) mass is 327 g/mol. The van der Waals surface area contributed by atoms with Crippen LogP contribution in [0.3, 0.4) is 0 Å². The first kappa shape index (κ1) is 15.3. The van der Waals surface area contributed by atoms with E-state index < -0.39 is 0 Å². The van der Waals surface area contributed by atoms with Crippen molar-refractivity contribution >= 4 is 33.5 Å². The van der Waals surface area contributed by atoms with Gasteiger partial charge in [-0.3, -0.25) is 5.43 Å². The summed E-state index contributed by atoms with van der Waals surface area (Å²) in [5, 5.41) is 9.14. The molecule has 23 heavy (non-hydrogen) atoms. The highest BCUT2D eigenvalue weighted by Crippen LogP contribution is 2.29. The molecule has 0 saturated heterocycles. The summed E-state index contributed by atoms with van der Waals surface area (Å²) in [6.45, 7) is 1.95. The molecule has 5 nitrogen and oxygen atoms in total. The smallest absolute Gasteiger partial charge is 0.203 e. The van der Waals surface area contributed by atoms with Gasteiger partial charge in [0.1, 0.15) is 11.5 Å². The fourth-order valence-corrected chi connectivity index (χ4v) is 2.93. The number of anilines is 1. The lowest BCUT2D eigenvalue weighted by Crippen LogP contribution is -1.96. The molecule has 0 radical (unpaired) electrons. The van der Waals surface area contributed by atoms with Crippen LogP contribution in [-0.2, 0) is 0 Å². The van der Waals surface area contributed by atoms with Gasteiger partial charge in [-0.05, 0) is 35.9 Å². The number of aryl methyl sites for hydroxylation is 1. The molecule has 0 unspecified atom stereocenters. The van der Waals surface area contributed by atoms with Crippen LogP contribution < -0.4 is 14.9 Å². The Kier molecular flexibility index (Phi) is 4.43. The highest BCUT2D eigenvalue weighted by molar-refractivity contribution is 7.13. The Labute approximate surface area is 138 Å². The lowest BCUT2D eigenvalue weighted by Gasteiger charge is -2.10. The second-order valence-corrected chi connectivity index (χ2v) is 5.79. The van der Waals surface area contributed by atoms with Crippen LogP contribution in [0, 0.1) is 6.92 Å². The summed E-state index contributed by atoms with van der Waals surface area (Å²) in [4.78, 5) is 4.32. The Morgan fingerprint density at radius 1 is 1.17 bits per heavy atom. The van der Waals surface area contributed by atoms with Crippen molar-refractivity contribution in [2.45, 2.75) is 6.92 Å². The number of thiazole rings is 1. The quantitative estimate of drug-likeness (QED) is 0.567. The molecule has 6 heteroatoms. The van der Waals surface area contributed by atoms with Gasteiger partial charge in [0, 0.05) is 10.9 Å². The van der Waals surface area contributed by atoms with Gasteiger partial charge in [0.25, 0.3) is 0 Å². The number of nitrogens with zero attached hydrogens (tertiary/aromatic N) is 2. The molecule has 0 amide bonds. The first-order valence-corrected chi connectivity index (χ1v) is 7.95. The number of hydrogen-bond acceptors (Lipinski definition) is 6. The molecule has 0 atom stereocenters. The SMILES string of the molecule is COc1ccc2ccc(OC)c(C=NNc3nc(C)cs3)c2c1. The van der Waals surface area contributed by atoms with E-state index in [1.54, 1.807) is 20.4 Å². The van der Waals surface area contributed by atoms with E-state index in [0.29, 0.717) is 0 Å². The topological polar surface area (TPSA) is 55.7 Å². The molecule has 0 fully saturated rings. The predicted octanol–water partition coefficient (Wildman–Crippen LogP) is 4.07. The number of hydrazone groups is 1. The second kappa shape index (κ2) is 6.66. The van der Waals surface area contributed by atoms with Crippen molar-refractivity contribution in [1.82, 2.24) is 4.98 Å². The number of benzene rings is 2. The molecule has 0 aliphatic rings. The predicted molar refractivity (Wildman–Crippen MR) is 95.1 cm³/mol. The Balaban J connectivity index is 1.99. The zero-order valence-electron chi connectivity index (χ0n) is 13.2. The molecule has 3 aromatic rings. The summed E-state index contributed by atoms with van der Waals surface area (Å²) >= 11 is 1.52. The largest absolute Gasteiger partial charge is 0.497 e. The van der Waals surface area contributed by atoms with Crippen LogP contribution in [0.15, 0.2) is 40.8 Å². The van der Waals surface area contributed by atoms with E-state index in [1.165, 1.54) is 11.3 Å². The van der Waals surface area contributed by atoms with E-state index in [4.69, 9.17) is 9.47 Å². The molecule has 1 N–H and O–H groups in total. The number of nitrogens with one attached hydrogen (secondary N) is 1. The molecule has 0 saturated carbocycles. The van der Waals surface area contributed by atoms with Crippen LogP contribution in [0.2, 0.25) is 0 Å². The molecule has 2 aromatic carbocycles. The fraction of sp³-hybridized carbons (Fsp3) is 0.176. The maximum absolute atomic E-state index is 5.46. The Hall–Kier alpha value is -2.60. The number of methoxy groups -OCH3 is 2. The van der Waals surface area contributed by atoms with Gasteiger partial charge in [0.05, 0.1) is 26.1 Å². The van der Waals surface area contributed by atoms with E-state index in [-0.39, 0.29) is 0 Å². The zero-order valence-corrected chi connectivity index (χ0v) is 14.0. The van der Waals surface area contributed by atoms with Gasteiger partial charge in [-0.1, -0.05) is 12.1 Å². The van der Waals surface area contributed by atoms with Crippen molar-refractivity contribution in [3.8, 4) is 11.5 Å². The van der Waals surface area contributed by atoms with Gasteiger partial charge in [0.2, 0.25) is 5.13 Å². The Morgan fingerprint density at radius 3 is 2.70 bits per heavy atom. The van der Waals surface area contributed by atoms with Gasteiger partial charge in [-0.15, -0.1) is 11.3 Å². The first-order valence-electron chi connectivity index (χ1n) is 7.07. The maximum atomic E-state index is 5.46. The number of rotatable bonds is 5. The molecular formula is C17H17N3O2S. The van der Waals surface area contributed by atoms with Crippen molar-refractivity contribution in [2.24, 2.45) is 5.10 Å². The summed E-state index contributed by atoms with van der Waals surface area (Å²) in [6.07, 6.45) is 1.75. The highest BCUT2D eigenvalue weighted by atomic mass is 32.1. The van der Waals surface area contributed by atoms with Crippen LogP contribution >= 0.6 is 11.3 Å². The number of hydrogen-bond donors (Lipinski definition) is 1. The van der Waals surface area contributed by atoms with E-state index in [2.05, 4.69) is 15.5 Å². The second-order valence-electron chi connectivity index (χ2n) is 4.93. The maximum Gasteiger partial charge on any atom is 0.203 e. The standard InChI is InChI=1S/C17H17N3O2S/c1-11-10-23-17(19-11)20-18-9-15-14-8-13(21-2)6-4-12(14)5-7-16(15)22-3/h4-10H,1-3H3,(H,19,20). The Morgan fingerprint density at radius 2 is 2.00 bits per heavy atom. The third-order valence-electron chi connectivity index (χ3n) is 3.42. The lowest BCUT2D eigenvalue weighted by molar-refractivity contribution is 0.413. The van der Waals surface area contributed by atoms with E-state index in [0.717, 1.165) is 38.7 Å². The van der Waals surface area contributed by atoms with Gasteiger partial charge in [0.15, 0.2) is 0 Å². The molecule has 0 aliphatic carbocycles. The van der Waals surface area contributed by atoms with Crippen molar-refractivity contribution in [2.75, 3.05) is 19.6 Å². The summed E-state index contributed by atoms with van der Waals surface area (Å²) in [6, 6.07) is 9.88. The minimum atomic E-state index is 0.756. The third kappa shape index (κ3) is 3.27. The molecule has 3 rings (SSSR count). The first-order chi connectivity index (χ1) is 11.2. The molecule has 1 heterocycles. The van der Waals surface area contributed by atoms with Gasteiger partial charge in [-0.25, -0.2) is 4.98 Å². The number of ether oxygens (including phenoxy) is 2. The summed E-state index contributed by atoms with van der Waals surface area (Å²) in [5.41, 5.74) is 4.81.